The number of rotatable bonds is 10. The van der Waals surface area contributed by atoms with Gasteiger partial charge in [0.2, 0.25) is 0 Å². The Kier molecular flexibility index (Phi) is 7.84. The Morgan fingerprint density at radius 1 is 1.03 bits per heavy atom. The summed E-state index contributed by atoms with van der Waals surface area (Å²) in [6.45, 7) is 0.833. The molecule has 3 aromatic heterocycles. The van der Waals surface area contributed by atoms with Crippen LogP contribution in [0.5, 0.6) is 0 Å². The summed E-state index contributed by atoms with van der Waals surface area (Å²) in [4.78, 5) is 26.3. The van der Waals surface area contributed by atoms with E-state index in [0.29, 0.717) is 13.1 Å². The Morgan fingerprint density at radius 2 is 1.85 bits per heavy atom. The third kappa shape index (κ3) is 6.74. The molecule has 4 aromatic rings. The van der Waals surface area contributed by atoms with Crippen molar-refractivity contribution in [2.24, 2.45) is 0 Å². The summed E-state index contributed by atoms with van der Waals surface area (Å²) in [6, 6.07) is 18.0. The van der Waals surface area contributed by atoms with Crippen LogP contribution in [0, 0.1) is 0 Å². The topological polar surface area (TPSA) is 73.2 Å². The molecular formula is C25H23N3O3S2. The first-order chi connectivity index (χ1) is 16.2. The van der Waals surface area contributed by atoms with Crippen LogP contribution in [0.15, 0.2) is 77.6 Å². The average molecular weight is 478 g/mol. The Morgan fingerprint density at radius 3 is 2.61 bits per heavy atom. The predicted molar refractivity (Wildman–Crippen MR) is 132 cm³/mol. The molecule has 6 nitrogen and oxygen atoms in total. The van der Waals surface area contributed by atoms with Crippen LogP contribution in [0.3, 0.4) is 0 Å². The standard InChI is InChI=1S/C25H23N3O3S2/c29-23(26-13-12-21-8-4-14-32-21)18-31-24(30)11-10-20-17-28(16-19-6-2-1-3-7-19)27-25(20)22-9-5-15-33-22/h1-11,14-15,17H,12-13,16,18H2,(H,26,29)/b11-10+. The lowest BCUT2D eigenvalue weighted by Crippen LogP contribution is -2.30. The molecule has 0 bridgehead atoms. The van der Waals surface area contributed by atoms with E-state index in [1.807, 2.05) is 76.2 Å². The van der Waals surface area contributed by atoms with Crippen molar-refractivity contribution in [2.75, 3.05) is 13.2 Å². The van der Waals surface area contributed by atoms with Crippen molar-refractivity contribution in [2.45, 2.75) is 13.0 Å². The summed E-state index contributed by atoms with van der Waals surface area (Å²) >= 11 is 3.23. The van der Waals surface area contributed by atoms with E-state index >= 15 is 0 Å². The van der Waals surface area contributed by atoms with Crippen molar-refractivity contribution in [3.8, 4) is 10.6 Å². The van der Waals surface area contributed by atoms with Gasteiger partial charge in [0.1, 0.15) is 5.69 Å². The third-order valence-corrected chi connectivity index (χ3v) is 6.56. The second kappa shape index (κ2) is 11.4. The van der Waals surface area contributed by atoms with Gasteiger partial charge >= 0.3 is 5.97 Å². The zero-order chi connectivity index (χ0) is 22.9. The molecule has 0 unspecified atom stereocenters. The van der Waals surface area contributed by atoms with Crippen molar-refractivity contribution >= 4 is 40.6 Å². The Bertz CT molecular complexity index is 1200. The monoisotopic (exact) mass is 477 g/mol. The van der Waals surface area contributed by atoms with Crippen molar-refractivity contribution in [1.29, 1.82) is 0 Å². The van der Waals surface area contributed by atoms with E-state index in [1.165, 1.54) is 11.0 Å². The highest BCUT2D eigenvalue weighted by molar-refractivity contribution is 7.13. The zero-order valence-corrected chi connectivity index (χ0v) is 19.5. The predicted octanol–water partition coefficient (Wildman–Crippen LogP) is 4.64. The summed E-state index contributed by atoms with van der Waals surface area (Å²) in [6.07, 6.45) is 5.68. The maximum absolute atomic E-state index is 12.2. The van der Waals surface area contributed by atoms with Crippen molar-refractivity contribution < 1.29 is 14.3 Å². The lowest BCUT2D eigenvalue weighted by Gasteiger charge is -2.04. The van der Waals surface area contributed by atoms with Crippen LogP contribution >= 0.6 is 22.7 Å². The van der Waals surface area contributed by atoms with Gasteiger partial charge in [-0.15, -0.1) is 22.7 Å². The number of carbonyl (C=O) groups is 2. The molecule has 0 fully saturated rings. The average Bonchev–Trinajstić information content (AvgIpc) is 3.59. The van der Waals surface area contributed by atoms with Gasteiger partial charge in [0.25, 0.3) is 5.91 Å². The largest absolute Gasteiger partial charge is 0.452 e. The van der Waals surface area contributed by atoms with E-state index < -0.39 is 5.97 Å². The van der Waals surface area contributed by atoms with Crippen LogP contribution < -0.4 is 5.32 Å². The Hall–Kier alpha value is -3.49. The fraction of sp³-hybridized carbons (Fsp3) is 0.160. The minimum Gasteiger partial charge on any atom is -0.452 e. The molecule has 0 aliphatic carbocycles. The molecule has 33 heavy (non-hydrogen) atoms. The fourth-order valence-electron chi connectivity index (χ4n) is 3.19. The van der Waals surface area contributed by atoms with Gasteiger partial charge in [-0.3, -0.25) is 9.48 Å². The summed E-state index contributed by atoms with van der Waals surface area (Å²) in [5, 5.41) is 11.5. The van der Waals surface area contributed by atoms with E-state index in [9.17, 15) is 9.59 Å². The number of carbonyl (C=O) groups excluding carboxylic acids is 2. The maximum Gasteiger partial charge on any atom is 0.331 e. The molecule has 0 aliphatic rings. The molecule has 1 N–H and O–H groups in total. The molecule has 1 amide bonds. The van der Waals surface area contributed by atoms with Gasteiger partial charge in [-0.05, 0) is 41.0 Å². The van der Waals surface area contributed by atoms with Crippen molar-refractivity contribution in [3.05, 3.63) is 93.6 Å². The lowest BCUT2D eigenvalue weighted by molar-refractivity contribution is -0.143. The number of hydrogen-bond acceptors (Lipinski definition) is 6. The maximum atomic E-state index is 12.2. The first-order valence-electron chi connectivity index (χ1n) is 10.5. The number of amides is 1. The molecule has 4 rings (SSSR count). The summed E-state index contributed by atoms with van der Waals surface area (Å²) in [5.41, 5.74) is 2.75. The van der Waals surface area contributed by atoms with Crippen LogP contribution in [0.4, 0.5) is 0 Å². The van der Waals surface area contributed by atoms with Crippen LogP contribution in [0.25, 0.3) is 16.6 Å². The highest BCUT2D eigenvalue weighted by atomic mass is 32.1. The van der Waals surface area contributed by atoms with Gasteiger partial charge < -0.3 is 10.1 Å². The van der Waals surface area contributed by atoms with Crippen LogP contribution in [-0.4, -0.2) is 34.8 Å². The third-order valence-electron chi connectivity index (χ3n) is 4.75. The van der Waals surface area contributed by atoms with Gasteiger partial charge in [0.05, 0.1) is 11.4 Å². The van der Waals surface area contributed by atoms with E-state index in [1.54, 1.807) is 28.7 Å². The molecule has 0 saturated carbocycles. The van der Waals surface area contributed by atoms with Gasteiger partial charge in [-0.25, -0.2) is 4.79 Å². The highest BCUT2D eigenvalue weighted by Crippen LogP contribution is 2.27. The number of thiophene rings is 2. The minimum atomic E-state index is -0.573. The SMILES string of the molecule is O=C(COC(=O)/C=C/c1cn(Cc2ccccc2)nc1-c1cccs1)NCCc1cccs1. The zero-order valence-electron chi connectivity index (χ0n) is 17.8. The fourth-order valence-corrected chi connectivity index (χ4v) is 4.63. The quantitative estimate of drug-likeness (QED) is 0.267. The number of ether oxygens (including phenoxy) is 1. The van der Waals surface area contributed by atoms with Crippen LogP contribution in [-0.2, 0) is 27.3 Å². The van der Waals surface area contributed by atoms with Gasteiger partial charge in [0.15, 0.2) is 6.61 Å². The smallest absolute Gasteiger partial charge is 0.331 e. The lowest BCUT2D eigenvalue weighted by atomic mass is 10.2. The summed E-state index contributed by atoms with van der Waals surface area (Å²) in [5.74, 6) is -0.889. The second-order valence-corrected chi connectivity index (χ2v) is 9.19. The number of hydrogen-bond donors (Lipinski definition) is 1. The number of esters is 1. The van der Waals surface area contributed by atoms with E-state index in [0.717, 1.165) is 28.1 Å². The van der Waals surface area contributed by atoms with E-state index in [4.69, 9.17) is 9.84 Å². The summed E-state index contributed by atoms with van der Waals surface area (Å²) < 4.78 is 6.94. The molecule has 0 saturated heterocycles. The van der Waals surface area contributed by atoms with E-state index in [2.05, 4.69) is 5.32 Å². The molecule has 0 atom stereocenters. The van der Waals surface area contributed by atoms with Gasteiger partial charge in [-0.2, -0.15) is 5.10 Å². The normalized spacial score (nSPS) is 11.0. The Labute approximate surface area is 200 Å². The molecule has 3 heterocycles. The van der Waals surface area contributed by atoms with Gasteiger partial charge in [0, 0.05) is 29.3 Å². The minimum absolute atomic E-state index is 0.307. The molecule has 1 aromatic carbocycles. The molecule has 0 aliphatic heterocycles. The molecule has 168 valence electrons. The number of aromatic nitrogens is 2. The molecule has 0 spiro atoms. The highest BCUT2D eigenvalue weighted by Gasteiger charge is 2.12. The molecule has 8 heteroatoms. The second-order valence-electron chi connectivity index (χ2n) is 7.21. The first kappa shape index (κ1) is 22.7. The van der Waals surface area contributed by atoms with Gasteiger partial charge in [-0.1, -0.05) is 42.5 Å². The van der Waals surface area contributed by atoms with E-state index in [-0.39, 0.29) is 12.5 Å². The Balaban J connectivity index is 1.34. The van der Waals surface area contributed by atoms with Crippen molar-refractivity contribution in [3.63, 3.8) is 0 Å². The number of nitrogens with one attached hydrogen (secondary N) is 1. The molecular weight excluding hydrogens is 454 g/mol. The van der Waals surface area contributed by atoms with Crippen LogP contribution in [0.1, 0.15) is 16.0 Å². The molecule has 0 radical (unpaired) electrons. The first-order valence-corrected chi connectivity index (χ1v) is 12.2. The number of nitrogens with zero attached hydrogens (tertiary/aromatic N) is 2. The van der Waals surface area contributed by atoms with Crippen LogP contribution in [0.2, 0.25) is 0 Å². The summed E-state index contributed by atoms with van der Waals surface area (Å²) in [7, 11) is 0. The number of benzene rings is 1. The van der Waals surface area contributed by atoms with Crippen molar-refractivity contribution in [1.82, 2.24) is 15.1 Å².